The van der Waals surface area contributed by atoms with Gasteiger partial charge in [0.2, 0.25) is 27.6 Å². The SMILES string of the molecule is CCc1nc(-c2cc(S(=O)(=O)N3CCC[C@@H](C(=O)N4CCCCC4)C3)c(C)s2)no1. The van der Waals surface area contributed by atoms with Crippen LogP contribution in [0, 0.1) is 12.8 Å². The van der Waals surface area contributed by atoms with Crippen LogP contribution in [0.1, 0.15) is 49.8 Å². The molecule has 4 heterocycles. The van der Waals surface area contributed by atoms with Crippen molar-refractivity contribution in [2.45, 2.75) is 57.3 Å². The Labute approximate surface area is 181 Å². The molecule has 8 nitrogen and oxygen atoms in total. The average molecular weight is 453 g/mol. The molecule has 30 heavy (non-hydrogen) atoms. The van der Waals surface area contributed by atoms with Crippen LogP contribution in [-0.4, -0.2) is 59.8 Å². The number of hydrogen-bond donors (Lipinski definition) is 0. The quantitative estimate of drug-likeness (QED) is 0.692. The fourth-order valence-corrected chi connectivity index (χ4v) is 7.21. The van der Waals surface area contributed by atoms with E-state index in [1.807, 2.05) is 11.8 Å². The van der Waals surface area contributed by atoms with Gasteiger partial charge in [-0.3, -0.25) is 4.79 Å². The third-order valence-electron chi connectivity index (χ3n) is 5.88. The molecule has 164 valence electrons. The second-order valence-electron chi connectivity index (χ2n) is 7.98. The van der Waals surface area contributed by atoms with E-state index in [1.165, 1.54) is 15.6 Å². The standard InChI is InChI=1S/C20H28N4O4S2/c1-3-18-21-19(22-28-18)16-12-17(14(2)29-16)30(26,27)24-11-7-8-15(13-24)20(25)23-9-5-4-6-10-23/h12,15H,3-11,13H2,1-2H3/t15-/m1/s1. The first-order valence-corrected chi connectivity index (χ1v) is 12.9. The lowest BCUT2D eigenvalue weighted by Crippen LogP contribution is -2.47. The molecule has 0 radical (unpaired) electrons. The second kappa shape index (κ2) is 8.76. The van der Waals surface area contributed by atoms with Gasteiger partial charge in [-0.2, -0.15) is 9.29 Å². The maximum absolute atomic E-state index is 13.4. The van der Waals surface area contributed by atoms with Crippen LogP contribution in [0.2, 0.25) is 0 Å². The van der Waals surface area contributed by atoms with Crippen molar-refractivity contribution in [3.05, 3.63) is 16.8 Å². The molecule has 2 fully saturated rings. The van der Waals surface area contributed by atoms with E-state index in [2.05, 4.69) is 10.1 Å². The Morgan fingerprint density at radius 2 is 2.00 bits per heavy atom. The summed E-state index contributed by atoms with van der Waals surface area (Å²) in [4.78, 5) is 20.8. The molecule has 0 unspecified atom stereocenters. The largest absolute Gasteiger partial charge is 0.342 e. The van der Waals surface area contributed by atoms with E-state index in [9.17, 15) is 13.2 Å². The van der Waals surface area contributed by atoms with Crippen molar-refractivity contribution in [2.24, 2.45) is 5.92 Å². The molecule has 0 aromatic carbocycles. The zero-order valence-corrected chi connectivity index (χ0v) is 19.1. The highest BCUT2D eigenvalue weighted by molar-refractivity contribution is 7.89. The summed E-state index contributed by atoms with van der Waals surface area (Å²) in [5.74, 6) is 0.791. The van der Waals surface area contributed by atoms with Crippen molar-refractivity contribution in [2.75, 3.05) is 26.2 Å². The number of carbonyl (C=O) groups excluding carboxylic acids is 1. The molecule has 4 rings (SSSR count). The molecule has 0 saturated carbocycles. The van der Waals surface area contributed by atoms with E-state index in [-0.39, 0.29) is 23.3 Å². The Balaban J connectivity index is 1.53. The highest BCUT2D eigenvalue weighted by atomic mass is 32.2. The first-order chi connectivity index (χ1) is 14.4. The Morgan fingerprint density at radius 1 is 1.23 bits per heavy atom. The van der Waals surface area contributed by atoms with E-state index < -0.39 is 10.0 Å². The maximum Gasteiger partial charge on any atom is 0.244 e. The third-order valence-corrected chi connectivity index (χ3v) is 9.05. The zero-order chi connectivity index (χ0) is 21.3. The highest BCUT2D eigenvalue weighted by Gasteiger charge is 2.36. The van der Waals surface area contributed by atoms with E-state index in [4.69, 9.17) is 4.52 Å². The summed E-state index contributed by atoms with van der Waals surface area (Å²) in [6.07, 6.45) is 5.31. The van der Waals surface area contributed by atoms with Gasteiger partial charge in [0.05, 0.1) is 15.7 Å². The van der Waals surface area contributed by atoms with E-state index in [1.54, 1.807) is 13.0 Å². The number of piperidine rings is 2. The van der Waals surface area contributed by atoms with Gasteiger partial charge in [-0.25, -0.2) is 8.42 Å². The van der Waals surface area contributed by atoms with Gasteiger partial charge in [-0.05, 0) is 45.1 Å². The first kappa shape index (κ1) is 21.5. The molecule has 0 bridgehead atoms. The number of sulfonamides is 1. The summed E-state index contributed by atoms with van der Waals surface area (Å²) in [6, 6.07) is 1.63. The number of nitrogens with zero attached hydrogens (tertiary/aromatic N) is 4. The van der Waals surface area contributed by atoms with Crippen LogP contribution in [0.25, 0.3) is 10.7 Å². The smallest absolute Gasteiger partial charge is 0.244 e. The van der Waals surface area contributed by atoms with Crippen LogP contribution in [0.5, 0.6) is 0 Å². The molecule has 2 aromatic rings. The minimum atomic E-state index is -3.69. The molecule has 0 spiro atoms. The third kappa shape index (κ3) is 4.17. The Bertz CT molecular complexity index is 1010. The summed E-state index contributed by atoms with van der Waals surface area (Å²) in [6.45, 7) is 6.00. The molecular weight excluding hydrogens is 424 g/mol. The van der Waals surface area contributed by atoms with Gasteiger partial charge in [0.15, 0.2) is 0 Å². The van der Waals surface area contributed by atoms with Crippen LogP contribution in [-0.2, 0) is 21.2 Å². The van der Waals surface area contributed by atoms with Crippen LogP contribution < -0.4 is 0 Å². The summed E-state index contributed by atoms with van der Waals surface area (Å²) in [7, 11) is -3.69. The number of aryl methyl sites for hydroxylation is 2. The van der Waals surface area contributed by atoms with Crippen molar-refractivity contribution in [3.8, 4) is 10.7 Å². The zero-order valence-electron chi connectivity index (χ0n) is 17.5. The molecule has 0 aliphatic carbocycles. The molecular formula is C20H28N4O4S2. The predicted molar refractivity (Wildman–Crippen MR) is 114 cm³/mol. The molecule has 2 saturated heterocycles. The van der Waals surface area contributed by atoms with E-state index in [0.717, 1.165) is 38.8 Å². The topological polar surface area (TPSA) is 96.6 Å². The average Bonchev–Trinajstić information content (AvgIpc) is 3.40. The van der Waals surface area contributed by atoms with Gasteiger partial charge < -0.3 is 9.42 Å². The summed E-state index contributed by atoms with van der Waals surface area (Å²) >= 11 is 1.35. The Morgan fingerprint density at radius 3 is 2.70 bits per heavy atom. The van der Waals surface area contributed by atoms with Crippen molar-refractivity contribution < 1.29 is 17.7 Å². The number of carbonyl (C=O) groups is 1. The van der Waals surface area contributed by atoms with Crippen LogP contribution in [0.15, 0.2) is 15.5 Å². The van der Waals surface area contributed by atoms with Gasteiger partial charge >= 0.3 is 0 Å². The van der Waals surface area contributed by atoms with E-state index in [0.29, 0.717) is 40.9 Å². The molecule has 0 N–H and O–H groups in total. The monoisotopic (exact) mass is 452 g/mol. The Hall–Kier alpha value is -1.78. The number of likely N-dealkylation sites (tertiary alicyclic amines) is 1. The van der Waals surface area contributed by atoms with Crippen molar-refractivity contribution in [1.29, 1.82) is 0 Å². The van der Waals surface area contributed by atoms with Gasteiger partial charge in [-0.15, -0.1) is 11.3 Å². The lowest BCUT2D eigenvalue weighted by molar-refractivity contribution is -0.137. The van der Waals surface area contributed by atoms with Gasteiger partial charge in [0, 0.05) is 37.5 Å². The van der Waals surface area contributed by atoms with Crippen molar-refractivity contribution in [3.63, 3.8) is 0 Å². The van der Waals surface area contributed by atoms with Gasteiger partial charge in [0.1, 0.15) is 0 Å². The fourth-order valence-electron chi connectivity index (χ4n) is 4.20. The highest BCUT2D eigenvalue weighted by Crippen LogP contribution is 2.35. The predicted octanol–water partition coefficient (Wildman–Crippen LogP) is 3.08. The van der Waals surface area contributed by atoms with Crippen molar-refractivity contribution in [1.82, 2.24) is 19.3 Å². The maximum atomic E-state index is 13.4. The van der Waals surface area contributed by atoms with Crippen LogP contribution >= 0.6 is 11.3 Å². The molecule has 1 atom stereocenters. The summed E-state index contributed by atoms with van der Waals surface area (Å²) < 4.78 is 33.4. The summed E-state index contributed by atoms with van der Waals surface area (Å²) in [5.41, 5.74) is 0. The summed E-state index contributed by atoms with van der Waals surface area (Å²) in [5, 5.41) is 3.96. The second-order valence-corrected chi connectivity index (χ2v) is 11.1. The normalized spacial score (nSPS) is 21.1. The van der Waals surface area contributed by atoms with Crippen molar-refractivity contribution >= 4 is 27.3 Å². The van der Waals surface area contributed by atoms with Crippen LogP contribution in [0.3, 0.4) is 0 Å². The number of hydrogen-bond acceptors (Lipinski definition) is 7. The molecule has 2 aliphatic rings. The number of rotatable bonds is 5. The molecule has 2 aromatic heterocycles. The van der Waals surface area contributed by atoms with E-state index >= 15 is 0 Å². The molecule has 10 heteroatoms. The Kier molecular flexibility index (Phi) is 6.26. The van der Waals surface area contributed by atoms with Gasteiger partial charge in [-0.1, -0.05) is 12.1 Å². The molecule has 1 amide bonds. The fraction of sp³-hybridized carbons (Fsp3) is 0.650. The lowest BCUT2D eigenvalue weighted by Gasteiger charge is -2.35. The van der Waals surface area contributed by atoms with Crippen LogP contribution in [0.4, 0.5) is 0 Å². The number of aromatic nitrogens is 2. The minimum absolute atomic E-state index is 0.108. The minimum Gasteiger partial charge on any atom is -0.342 e. The number of amides is 1. The first-order valence-electron chi connectivity index (χ1n) is 10.6. The number of thiophene rings is 1. The molecule has 2 aliphatic heterocycles. The lowest BCUT2D eigenvalue weighted by atomic mass is 9.97. The van der Waals surface area contributed by atoms with Gasteiger partial charge in [0.25, 0.3) is 0 Å².